The Bertz CT molecular complexity index is 790. The van der Waals surface area contributed by atoms with Gasteiger partial charge >= 0.3 is 0 Å². The number of hydrogen-bond donors (Lipinski definition) is 2. The first-order valence-corrected chi connectivity index (χ1v) is 8.36. The van der Waals surface area contributed by atoms with Crippen LogP contribution in [0.15, 0.2) is 34.7 Å². The molecule has 2 rings (SSSR count). The molecular formula is C13H14N4O2S2. The topological polar surface area (TPSA) is 109 Å². The lowest BCUT2D eigenvalue weighted by atomic mass is 10.1. The third-order valence-electron chi connectivity index (χ3n) is 2.77. The summed E-state index contributed by atoms with van der Waals surface area (Å²) in [6, 6.07) is 5.97. The summed E-state index contributed by atoms with van der Waals surface area (Å²) in [5, 5.41) is 11.5. The van der Waals surface area contributed by atoms with Crippen molar-refractivity contribution in [2.24, 2.45) is 0 Å². The average molecular weight is 322 g/mol. The van der Waals surface area contributed by atoms with E-state index in [-0.39, 0.29) is 10.5 Å². The van der Waals surface area contributed by atoms with Crippen LogP contribution in [0.25, 0.3) is 0 Å². The molecule has 0 atom stereocenters. The Morgan fingerprint density at radius 3 is 2.71 bits per heavy atom. The predicted octanol–water partition coefficient (Wildman–Crippen LogP) is 1.81. The molecule has 0 aliphatic carbocycles. The van der Waals surface area contributed by atoms with Crippen molar-refractivity contribution in [3.05, 3.63) is 40.3 Å². The second-order valence-electron chi connectivity index (χ2n) is 4.94. The van der Waals surface area contributed by atoms with Gasteiger partial charge in [0.15, 0.2) is 0 Å². The van der Waals surface area contributed by atoms with Crippen molar-refractivity contribution in [2.45, 2.75) is 24.3 Å². The number of nitrogens with zero attached hydrogens (tertiary/aromatic N) is 2. The van der Waals surface area contributed by atoms with Gasteiger partial charge in [-0.3, -0.25) is 0 Å². The van der Waals surface area contributed by atoms with Gasteiger partial charge in [0.25, 0.3) is 0 Å². The molecule has 1 aromatic heterocycles. The molecule has 0 spiro atoms. The zero-order valence-electron chi connectivity index (χ0n) is 11.5. The van der Waals surface area contributed by atoms with Gasteiger partial charge in [0.05, 0.1) is 16.0 Å². The van der Waals surface area contributed by atoms with E-state index in [1.165, 1.54) is 29.5 Å². The van der Waals surface area contributed by atoms with Crippen LogP contribution in [-0.2, 0) is 15.6 Å². The number of anilines is 1. The molecular weight excluding hydrogens is 308 g/mol. The summed E-state index contributed by atoms with van der Waals surface area (Å²) in [6.45, 7) is 3.43. The third-order valence-corrected chi connectivity index (χ3v) is 5.58. The van der Waals surface area contributed by atoms with E-state index in [0.29, 0.717) is 10.7 Å². The Balaban J connectivity index is 2.43. The van der Waals surface area contributed by atoms with E-state index in [9.17, 15) is 8.42 Å². The van der Waals surface area contributed by atoms with E-state index in [0.717, 1.165) is 0 Å². The summed E-state index contributed by atoms with van der Waals surface area (Å²) < 4.78 is 27.6. The number of hydrogen-bond acceptors (Lipinski definition) is 6. The first kappa shape index (κ1) is 15.4. The fourth-order valence-electron chi connectivity index (χ4n) is 1.84. The van der Waals surface area contributed by atoms with Crippen LogP contribution in [0.5, 0.6) is 0 Å². The molecule has 0 saturated heterocycles. The summed E-state index contributed by atoms with van der Waals surface area (Å²) >= 11 is 1.36. The fourth-order valence-corrected chi connectivity index (χ4v) is 4.14. The first-order valence-electron chi connectivity index (χ1n) is 6.00. The monoisotopic (exact) mass is 322 g/mol. The molecule has 0 aliphatic heterocycles. The standard InChI is InChI=1S/C13H14N4O2S2/c1-13(2,12-16-5-6-20-12)17-21(18,19)11-4-3-10(15)7-9(11)8-14/h3-7,17H,15H2,1-2H3. The van der Waals surface area contributed by atoms with E-state index in [4.69, 9.17) is 11.0 Å². The maximum Gasteiger partial charge on any atom is 0.242 e. The second kappa shape index (κ2) is 5.44. The molecule has 0 amide bonds. The highest BCUT2D eigenvalue weighted by molar-refractivity contribution is 7.89. The average Bonchev–Trinajstić information content (AvgIpc) is 2.91. The van der Waals surface area contributed by atoms with Gasteiger partial charge in [0.1, 0.15) is 11.1 Å². The van der Waals surface area contributed by atoms with Crippen LogP contribution >= 0.6 is 11.3 Å². The van der Waals surface area contributed by atoms with Crippen molar-refractivity contribution in [1.29, 1.82) is 5.26 Å². The number of nitriles is 1. The minimum atomic E-state index is -3.86. The lowest BCUT2D eigenvalue weighted by Crippen LogP contribution is -2.41. The van der Waals surface area contributed by atoms with Gasteiger partial charge in [-0.1, -0.05) is 0 Å². The molecule has 3 N–H and O–H groups in total. The van der Waals surface area contributed by atoms with Crippen LogP contribution in [0.3, 0.4) is 0 Å². The maximum atomic E-state index is 12.5. The SMILES string of the molecule is CC(C)(NS(=O)(=O)c1ccc(N)cc1C#N)c1nccs1. The van der Waals surface area contributed by atoms with Crippen molar-refractivity contribution < 1.29 is 8.42 Å². The van der Waals surface area contributed by atoms with Gasteiger partial charge in [-0.2, -0.15) is 9.98 Å². The largest absolute Gasteiger partial charge is 0.399 e. The van der Waals surface area contributed by atoms with Crippen LogP contribution in [0.4, 0.5) is 5.69 Å². The molecule has 6 nitrogen and oxygen atoms in total. The molecule has 8 heteroatoms. The number of rotatable bonds is 4. The third kappa shape index (κ3) is 3.21. The Morgan fingerprint density at radius 2 is 2.14 bits per heavy atom. The zero-order valence-corrected chi connectivity index (χ0v) is 13.1. The molecule has 1 aromatic carbocycles. The quantitative estimate of drug-likeness (QED) is 0.834. The van der Waals surface area contributed by atoms with Gasteiger partial charge in [0, 0.05) is 17.3 Å². The lowest BCUT2D eigenvalue weighted by Gasteiger charge is -2.23. The number of benzene rings is 1. The minimum absolute atomic E-state index is 0.0115. The molecule has 0 aliphatic rings. The smallest absolute Gasteiger partial charge is 0.242 e. The summed E-state index contributed by atoms with van der Waals surface area (Å²) in [4.78, 5) is 4.04. The van der Waals surface area contributed by atoms with E-state index in [2.05, 4.69) is 9.71 Å². The summed E-state index contributed by atoms with van der Waals surface area (Å²) in [7, 11) is -3.86. The summed E-state index contributed by atoms with van der Waals surface area (Å²) in [6.07, 6.45) is 1.61. The number of nitrogen functional groups attached to an aromatic ring is 1. The van der Waals surface area contributed by atoms with Gasteiger partial charge in [0.2, 0.25) is 10.0 Å². The van der Waals surface area contributed by atoms with Gasteiger partial charge in [-0.15, -0.1) is 11.3 Å². The number of nitrogens with two attached hydrogens (primary N) is 1. The van der Waals surface area contributed by atoms with Crippen molar-refractivity contribution in [3.63, 3.8) is 0 Å². The van der Waals surface area contributed by atoms with Crippen molar-refractivity contribution in [2.75, 3.05) is 5.73 Å². The Kier molecular flexibility index (Phi) is 4.00. The number of nitrogens with one attached hydrogen (secondary N) is 1. The summed E-state index contributed by atoms with van der Waals surface area (Å²) in [5.74, 6) is 0. The predicted molar refractivity (Wildman–Crippen MR) is 81.0 cm³/mol. The Labute approximate surface area is 127 Å². The molecule has 0 unspecified atom stereocenters. The molecule has 21 heavy (non-hydrogen) atoms. The van der Waals surface area contributed by atoms with E-state index >= 15 is 0 Å². The van der Waals surface area contributed by atoms with Gasteiger partial charge in [-0.05, 0) is 32.0 Å². The van der Waals surface area contributed by atoms with Crippen LogP contribution in [0, 0.1) is 11.3 Å². The van der Waals surface area contributed by atoms with Crippen LogP contribution < -0.4 is 10.5 Å². The van der Waals surface area contributed by atoms with Crippen LogP contribution in [0.2, 0.25) is 0 Å². The summed E-state index contributed by atoms with van der Waals surface area (Å²) in [5.41, 5.74) is 5.05. The van der Waals surface area contributed by atoms with Crippen molar-refractivity contribution in [3.8, 4) is 6.07 Å². The first-order chi connectivity index (χ1) is 9.76. The normalized spacial score (nSPS) is 12.0. The molecule has 1 heterocycles. The Hall–Kier alpha value is -1.95. The molecule has 0 fully saturated rings. The van der Waals surface area contributed by atoms with Crippen molar-refractivity contribution in [1.82, 2.24) is 9.71 Å². The molecule has 0 saturated carbocycles. The lowest BCUT2D eigenvalue weighted by molar-refractivity contribution is 0.470. The second-order valence-corrected chi connectivity index (χ2v) is 7.48. The van der Waals surface area contributed by atoms with Crippen LogP contribution in [0.1, 0.15) is 24.4 Å². The maximum absolute atomic E-state index is 12.5. The zero-order chi connectivity index (χ0) is 15.7. The molecule has 0 radical (unpaired) electrons. The van der Waals surface area contributed by atoms with Gasteiger partial charge in [-0.25, -0.2) is 13.4 Å². The number of thiazole rings is 1. The van der Waals surface area contributed by atoms with E-state index in [1.807, 2.05) is 6.07 Å². The van der Waals surface area contributed by atoms with Crippen LogP contribution in [-0.4, -0.2) is 13.4 Å². The van der Waals surface area contributed by atoms with E-state index in [1.54, 1.807) is 25.4 Å². The highest BCUT2D eigenvalue weighted by atomic mass is 32.2. The fraction of sp³-hybridized carbons (Fsp3) is 0.231. The van der Waals surface area contributed by atoms with E-state index < -0.39 is 15.6 Å². The molecule has 110 valence electrons. The van der Waals surface area contributed by atoms with Gasteiger partial charge < -0.3 is 5.73 Å². The molecule has 2 aromatic rings. The minimum Gasteiger partial charge on any atom is -0.399 e. The highest BCUT2D eigenvalue weighted by Gasteiger charge is 2.31. The number of sulfonamides is 1. The van der Waals surface area contributed by atoms with Crippen molar-refractivity contribution >= 4 is 27.0 Å². The number of aromatic nitrogens is 1. The Morgan fingerprint density at radius 1 is 1.43 bits per heavy atom. The molecule has 0 bridgehead atoms. The highest BCUT2D eigenvalue weighted by Crippen LogP contribution is 2.26.